The lowest BCUT2D eigenvalue weighted by atomic mass is 9.88. The van der Waals surface area contributed by atoms with Gasteiger partial charge < -0.3 is 5.11 Å². The topological polar surface area (TPSA) is 88.5 Å². The summed E-state index contributed by atoms with van der Waals surface area (Å²) in [6.07, 6.45) is -0.737. The second-order valence-electron chi connectivity index (χ2n) is 4.53. The maximum atomic E-state index is 12.3. The van der Waals surface area contributed by atoms with Gasteiger partial charge in [0.25, 0.3) is 0 Å². The van der Waals surface area contributed by atoms with E-state index in [4.69, 9.17) is 5.11 Å². The number of thioether (sulfide) groups is 1. The first-order chi connectivity index (χ1) is 9.41. The zero-order valence-corrected chi connectivity index (χ0v) is 11.5. The van der Waals surface area contributed by atoms with Gasteiger partial charge in [-0.1, -0.05) is 25.1 Å². The number of hydrogen-bond acceptors (Lipinski definition) is 5. The highest BCUT2D eigenvalue weighted by molar-refractivity contribution is 8.00. The molecule has 0 aliphatic carbocycles. The summed E-state index contributed by atoms with van der Waals surface area (Å²) < 4.78 is 0. The molecule has 1 N–H and O–H groups in total. The first kappa shape index (κ1) is 14.5. The molecule has 0 bridgehead atoms. The molecule has 1 heterocycles. The number of carbonyl (C=O) groups is 4. The molecule has 0 saturated carbocycles. The molecule has 0 amide bonds. The molecule has 1 aromatic rings. The Morgan fingerprint density at radius 3 is 2.55 bits per heavy atom. The predicted molar refractivity (Wildman–Crippen MR) is 71.8 cm³/mol. The molecule has 1 aromatic carbocycles. The molecule has 0 saturated heterocycles. The van der Waals surface area contributed by atoms with E-state index in [2.05, 4.69) is 0 Å². The van der Waals surface area contributed by atoms with E-state index in [0.717, 1.165) is 4.90 Å². The van der Waals surface area contributed by atoms with Gasteiger partial charge in [-0.05, 0) is 6.07 Å². The zero-order valence-electron chi connectivity index (χ0n) is 10.7. The van der Waals surface area contributed by atoms with Crippen molar-refractivity contribution in [3.8, 4) is 0 Å². The quantitative estimate of drug-likeness (QED) is 0.669. The van der Waals surface area contributed by atoms with Crippen molar-refractivity contribution in [2.45, 2.75) is 23.5 Å². The van der Waals surface area contributed by atoms with Crippen LogP contribution in [-0.4, -0.2) is 33.7 Å². The molecule has 104 valence electrons. The number of carboxylic acid groups (broad SMARTS) is 1. The van der Waals surface area contributed by atoms with Crippen molar-refractivity contribution in [3.63, 3.8) is 0 Å². The Labute approximate surface area is 119 Å². The van der Waals surface area contributed by atoms with Gasteiger partial charge in [-0.25, -0.2) is 4.79 Å². The van der Waals surface area contributed by atoms with E-state index in [-0.39, 0.29) is 11.0 Å². The van der Waals surface area contributed by atoms with Crippen LogP contribution in [0.2, 0.25) is 0 Å². The number of carbonyl (C=O) groups excluding carboxylic acids is 3. The molecule has 0 spiro atoms. The Balaban J connectivity index is 2.25. The summed E-state index contributed by atoms with van der Waals surface area (Å²) in [4.78, 5) is 46.8. The van der Waals surface area contributed by atoms with Gasteiger partial charge in [-0.2, -0.15) is 0 Å². The Morgan fingerprint density at radius 1 is 1.25 bits per heavy atom. The van der Waals surface area contributed by atoms with Gasteiger partial charge in [0.15, 0.2) is 11.6 Å². The van der Waals surface area contributed by atoms with Crippen LogP contribution in [-0.2, 0) is 14.4 Å². The molecule has 0 radical (unpaired) electrons. The smallest absolute Gasteiger partial charge is 0.372 e. The summed E-state index contributed by atoms with van der Waals surface area (Å²) in [5.74, 6) is -4.76. The molecule has 20 heavy (non-hydrogen) atoms. The summed E-state index contributed by atoms with van der Waals surface area (Å²) in [7, 11) is 0. The van der Waals surface area contributed by atoms with Crippen LogP contribution in [0.25, 0.3) is 0 Å². The van der Waals surface area contributed by atoms with Gasteiger partial charge in [-0.3, -0.25) is 14.4 Å². The molecule has 2 rings (SSSR count). The third-order valence-electron chi connectivity index (χ3n) is 3.14. The summed E-state index contributed by atoms with van der Waals surface area (Å²) in [6, 6.07) is 6.95. The molecular weight excluding hydrogens is 280 g/mol. The van der Waals surface area contributed by atoms with E-state index in [1.807, 2.05) is 6.07 Å². The van der Waals surface area contributed by atoms with Gasteiger partial charge in [-0.15, -0.1) is 11.8 Å². The molecule has 5 nitrogen and oxygen atoms in total. The van der Waals surface area contributed by atoms with Crippen molar-refractivity contribution in [2.24, 2.45) is 5.92 Å². The molecule has 0 fully saturated rings. The van der Waals surface area contributed by atoms with Crippen molar-refractivity contribution < 1.29 is 24.3 Å². The highest BCUT2D eigenvalue weighted by atomic mass is 32.2. The summed E-state index contributed by atoms with van der Waals surface area (Å²) >= 11 is 1.39. The number of carboxylic acids is 1. The molecule has 0 aromatic heterocycles. The fraction of sp³-hybridized carbons (Fsp3) is 0.286. The second-order valence-corrected chi connectivity index (χ2v) is 5.95. The van der Waals surface area contributed by atoms with Crippen molar-refractivity contribution in [1.29, 1.82) is 0 Å². The Hall–Kier alpha value is -1.95. The molecule has 0 unspecified atom stereocenters. The summed E-state index contributed by atoms with van der Waals surface area (Å²) in [5.41, 5.74) is 0.455. The van der Waals surface area contributed by atoms with E-state index in [1.54, 1.807) is 25.1 Å². The average Bonchev–Trinajstić information content (AvgIpc) is 2.38. The van der Waals surface area contributed by atoms with Gasteiger partial charge in [0.05, 0.1) is 12.3 Å². The average molecular weight is 292 g/mol. The van der Waals surface area contributed by atoms with Crippen LogP contribution in [0.1, 0.15) is 23.7 Å². The standard InChI is InChI=1S/C14H12O5S/c1-7-12(9(15)6-10(16)14(18)19)13(17)8-4-2-3-5-11(8)20-7/h2-5,7,12H,6H2,1H3,(H,18,19)/t7-,12-/m1/s1. The van der Waals surface area contributed by atoms with Crippen LogP contribution in [0.3, 0.4) is 0 Å². The molecular formula is C14H12O5S. The summed E-state index contributed by atoms with van der Waals surface area (Å²) in [6.45, 7) is 1.73. The Bertz CT molecular complexity index is 607. The SMILES string of the molecule is C[C@H]1Sc2ccccc2C(=O)[C@H]1C(=O)CC(=O)C(=O)O. The summed E-state index contributed by atoms with van der Waals surface area (Å²) in [5, 5.41) is 8.21. The van der Waals surface area contributed by atoms with E-state index >= 15 is 0 Å². The molecule has 2 atom stereocenters. The normalized spacial score (nSPS) is 21.1. The zero-order chi connectivity index (χ0) is 14.9. The van der Waals surface area contributed by atoms with Crippen molar-refractivity contribution in [3.05, 3.63) is 29.8 Å². The Kier molecular flexibility index (Phi) is 4.04. The van der Waals surface area contributed by atoms with Crippen LogP contribution in [0.15, 0.2) is 29.2 Å². The number of benzene rings is 1. The van der Waals surface area contributed by atoms with Crippen molar-refractivity contribution in [2.75, 3.05) is 0 Å². The number of ketones is 3. The highest BCUT2D eigenvalue weighted by Gasteiger charge is 2.39. The van der Waals surface area contributed by atoms with E-state index in [0.29, 0.717) is 5.56 Å². The van der Waals surface area contributed by atoms with Gasteiger partial charge in [0.2, 0.25) is 5.78 Å². The maximum Gasteiger partial charge on any atom is 0.372 e. The largest absolute Gasteiger partial charge is 0.475 e. The maximum absolute atomic E-state index is 12.3. The molecule has 6 heteroatoms. The molecule has 1 aliphatic heterocycles. The molecule has 1 aliphatic rings. The van der Waals surface area contributed by atoms with Gasteiger partial charge in [0, 0.05) is 15.7 Å². The van der Waals surface area contributed by atoms with Crippen LogP contribution in [0.4, 0.5) is 0 Å². The third kappa shape index (κ3) is 2.65. The minimum Gasteiger partial charge on any atom is -0.475 e. The predicted octanol–water partition coefficient (Wildman–Crippen LogP) is 1.59. The lowest BCUT2D eigenvalue weighted by Crippen LogP contribution is -2.37. The lowest BCUT2D eigenvalue weighted by molar-refractivity contribution is -0.150. The van der Waals surface area contributed by atoms with Gasteiger partial charge >= 0.3 is 5.97 Å². The van der Waals surface area contributed by atoms with Crippen molar-refractivity contribution in [1.82, 2.24) is 0 Å². The monoisotopic (exact) mass is 292 g/mol. The van der Waals surface area contributed by atoms with E-state index in [1.165, 1.54) is 11.8 Å². The fourth-order valence-electron chi connectivity index (χ4n) is 2.17. The first-order valence-corrected chi connectivity index (χ1v) is 6.88. The number of fused-ring (bicyclic) bond motifs is 1. The van der Waals surface area contributed by atoms with Crippen molar-refractivity contribution >= 4 is 35.1 Å². The van der Waals surface area contributed by atoms with Crippen LogP contribution in [0, 0.1) is 5.92 Å². The second kappa shape index (κ2) is 5.58. The minimum atomic E-state index is -1.65. The van der Waals surface area contributed by atoms with Gasteiger partial charge in [0.1, 0.15) is 0 Å². The van der Waals surface area contributed by atoms with E-state index in [9.17, 15) is 19.2 Å². The highest BCUT2D eigenvalue weighted by Crippen LogP contribution is 2.38. The van der Waals surface area contributed by atoms with E-state index < -0.39 is 29.9 Å². The number of Topliss-reactive ketones (excluding diaryl/α,β-unsaturated/α-hetero) is 3. The number of aliphatic carboxylic acids is 1. The van der Waals surface area contributed by atoms with Crippen LogP contribution >= 0.6 is 11.8 Å². The van der Waals surface area contributed by atoms with Crippen LogP contribution in [0.5, 0.6) is 0 Å². The Morgan fingerprint density at radius 2 is 1.90 bits per heavy atom. The lowest BCUT2D eigenvalue weighted by Gasteiger charge is -2.27. The third-order valence-corrected chi connectivity index (χ3v) is 4.39. The fourth-order valence-corrected chi connectivity index (χ4v) is 3.44. The minimum absolute atomic E-state index is 0.313. The number of hydrogen-bond donors (Lipinski definition) is 1. The number of rotatable bonds is 4. The first-order valence-electron chi connectivity index (χ1n) is 6.00. The van der Waals surface area contributed by atoms with Crippen LogP contribution < -0.4 is 0 Å².